The fourth-order valence-electron chi connectivity index (χ4n) is 2.56. The molecule has 1 rings (SSSR count). The van der Waals surface area contributed by atoms with Gasteiger partial charge in [-0.05, 0) is 32.1 Å². The Morgan fingerprint density at radius 1 is 1.09 bits per heavy atom. The summed E-state index contributed by atoms with van der Waals surface area (Å²) < 4.78 is 10.7. The van der Waals surface area contributed by atoms with Gasteiger partial charge in [-0.3, -0.25) is 0 Å². The Kier molecular flexibility index (Phi) is 10.7. The molecule has 5 nitrogen and oxygen atoms in total. The summed E-state index contributed by atoms with van der Waals surface area (Å²) in [5.74, 6) is 0. The number of unbranched alkanes of at least 4 members (excludes halogenated alkanes) is 5. The topological polar surface area (TPSA) is 79.2 Å². The molecule has 1 saturated heterocycles. The van der Waals surface area contributed by atoms with Crippen molar-refractivity contribution in [1.29, 1.82) is 0 Å². The van der Waals surface area contributed by atoms with Crippen LogP contribution < -0.4 is 0 Å². The second-order valence-corrected chi connectivity index (χ2v) is 5.91. The molecule has 1 aliphatic rings. The maximum Gasteiger partial charge on any atom is 0.114 e. The van der Waals surface area contributed by atoms with Gasteiger partial charge in [0.25, 0.3) is 0 Å². The van der Waals surface area contributed by atoms with E-state index >= 15 is 0 Å². The van der Waals surface area contributed by atoms with Crippen LogP contribution in [0.15, 0.2) is 12.2 Å². The monoisotopic (exact) mass is 316 g/mol. The summed E-state index contributed by atoms with van der Waals surface area (Å²) in [6.45, 7) is 2.53. The van der Waals surface area contributed by atoms with Gasteiger partial charge >= 0.3 is 0 Å². The van der Waals surface area contributed by atoms with Gasteiger partial charge in [0.1, 0.15) is 24.4 Å². The van der Waals surface area contributed by atoms with E-state index < -0.39 is 24.4 Å². The van der Waals surface area contributed by atoms with Crippen molar-refractivity contribution in [1.82, 2.24) is 0 Å². The molecule has 1 aliphatic heterocycles. The number of rotatable bonds is 11. The minimum Gasteiger partial charge on any atom is -0.394 e. The Hall–Kier alpha value is -0.460. The molecule has 0 bridgehead atoms. The third-order valence-corrected chi connectivity index (χ3v) is 3.97. The number of aliphatic hydroxyl groups excluding tert-OH is 3. The first-order valence-electron chi connectivity index (χ1n) is 8.55. The van der Waals surface area contributed by atoms with Crippen LogP contribution in [0.1, 0.15) is 51.9 Å². The summed E-state index contributed by atoms with van der Waals surface area (Å²) in [7, 11) is 0. The van der Waals surface area contributed by atoms with Gasteiger partial charge in [0.2, 0.25) is 0 Å². The molecular formula is C17H32O5. The van der Waals surface area contributed by atoms with Crippen molar-refractivity contribution in [2.24, 2.45) is 0 Å². The third-order valence-electron chi connectivity index (χ3n) is 3.97. The van der Waals surface area contributed by atoms with Gasteiger partial charge in [0, 0.05) is 6.61 Å². The first-order chi connectivity index (χ1) is 10.7. The lowest BCUT2D eigenvalue weighted by atomic mass is 10.0. The van der Waals surface area contributed by atoms with Crippen molar-refractivity contribution in [3.05, 3.63) is 12.2 Å². The van der Waals surface area contributed by atoms with Crippen molar-refractivity contribution in [3.8, 4) is 0 Å². The van der Waals surface area contributed by atoms with Crippen LogP contribution in [0.4, 0.5) is 0 Å². The summed E-state index contributed by atoms with van der Waals surface area (Å²) >= 11 is 0. The molecule has 0 amide bonds. The summed E-state index contributed by atoms with van der Waals surface area (Å²) in [4.78, 5) is 0. The average Bonchev–Trinajstić information content (AvgIpc) is 2.52. The smallest absolute Gasteiger partial charge is 0.114 e. The molecule has 0 radical (unpaired) electrons. The van der Waals surface area contributed by atoms with Crippen LogP contribution in [-0.4, -0.2) is 59.6 Å². The van der Waals surface area contributed by atoms with Gasteiger partial charge in [0.15, 0.2) is 0 Å². The maximum absolute atomic E-state index is 9.96. The molecule has 3 N–H and O–H groups in total. The molecule has 1 heterocycles. The zero-order valence-electron chi connectivity index (χ0n) is 13.7. The number of ether oxygens (including phenoxy) is 2. The zero-order valence-corrected chi connectivity index (χ0v) is 13.7. The van der Waals surface area contributed by atoms with Crippen LogP contribution in [0.5, 0.6) is 0 Å². The van der Waals surface area contributed by atoms with Crippen LogP contribution in [-0.2, 0) is 9.47 Å². The van der Waals surface area contributed by atoms with Gasteiger partial charge in [-0.25, -0.2) is 0 Å². The molecule has 4 atom stereocenters. The SMILES string of the molecule is CCCCC/C=C/CCCCO[C@H]1[C@H](O)[C@@H](CO)OC[C@@H]1O. The number of hydrogen-bond acceptors (Lipinski definition) is 5. The van der Waals surface area contributed by atoms with E-state index in [1.54, 1.807) is 0 Å². The van der Waals surface area contributed by atoms with Gasteiger partial charge in [-0.2, -0.15) is 0 Å². The zero-order chi connectivity index (χ0) is 16.2. The average molecular weight is 316 g/mol. The summed E-state index contributed by atoms with van der Waals surface area (Å²) in [5.41, 5.74) is 0. The number of allylic oxidation sites excluding steroid dienone is 2. The molecule has 0 spiro atoms. The highest BCUT2D eigenvalue weighted by Crippen LogP contribution is 2.18. The Labute approximate surface area is 133 Å². The number of aliphatic hydroxyl groups is 3. The molecular weight excluding hydrogens is 284 g/mol. The van der Waals surface area contributed by atoms with Crippen LogP contribution in [0.2, 0.25) is 0 Å². The van der Waals surface area contributed by atoms with Gasteiger partial charge < -0.3 is 24.8 Å². The maximum atomic E-state index is 9.96. The fourth-order valence-corrected chi connectivity index (χ4v) is 2.56. The van der Waals surface area contributed by atoms with E-state index in [9.17, 15) is 10.2 Å². The van der Waals surface area contributed by atoms with Crippen molar-refractivity contribution in [2.45, 2.75) is 76.3 Å². The lowest BCUT2D eigenvalue weighted by molar-refractivity contribution is -0.210. The first-order valence-corrected chi connectivity index (χ1v) is 8.55. The van der Waals surface area contributed by atoms with Gasteiger partial charge in [-0.1, -0.05) is 31.9 Å². The van der Waals surface area contributed by atoms with E-state index in [-0.39, 0.29) is 13.2 Å². The molecule has 0 aromatic rings. The minimum absolute atomic E-state index is 0.0907. The molecule has 0 unspecified atom stereocenters. The minimum atomic E-state index is -0.979. The molecule has 0 aromatic heterocycles. The Balaban J connectivity index is 2.08. The van der Waals surface area contributed by atoms with Crippen LogP contribution in [0.3, 0.4) is 0 Å². The Morgan fingerprint density at radius 3 is 2.41 bits per heavy atom. The number of hydrogen-bond donors (Lipinski definition) is 3. The highest BCUT2D eigenvalue weighted by Gasteiger charge is 2.38. The Bertz CT molecular complexity index is 295. The van der Waals surface area contributed by atoms with E-state index in [0.717, 1.165) is 25.7 Å². The van der Waals surface area contributed by atoms with E-state index in [0.29, 0.717) is 6.61 Å². The standard InChI is InChI=1S/C17H32O5/c1-2-3-4-5-6-7-8-9-10-11-21-17-14(19)13-22-15(12-18)16(17)20/h6-7,14-20H,2-5,8-13H2,1H3/b7-6+/t14-,15+,16+,17+/m0/s1. The van der Waals surface area contributed by atoms with E-state index in [1.807, 2.05) is 0 Å². The Morgan fingerprint density at radius 2 is 1.77 bits per heavy atom. The molecule has 1 fully saturated rings. The molecule has 0 saturated carbocycles. The summed E-state index contributed by atoms with van der Waals surface area (Å²) in [5, 5.41) is 28.8. The second kappa shape index (κ2) is 12.0. The van der Waals surface area contributed by atoms with Crippen LogP contribution >= 0.6 is 0 Å². The third kappa shape index (κ3) is 7.20. The van der Waals surface area contributed by atoms with E-state index in [4.69, 9.17) is 14.6 Å². The fraction of sp³-hybridized carbons (Fsp3) is 0.882. The van der Waals surface area contributed by atoms with Crippen molar-refractivity contribution in [2.75, 3.05) is 19.8 Å². The predicted octanol–water partition coefficient (Wildman–Crippen LogP) is 1.79. The molecule has 22 heavy (non-hydrogen) atoms. The van der Waals surface area contributed by atoms with Crippen molar-refractivity contribution >= 4 is 0 Å². The van der Waals surface area contributed by atoms with E-state index in [1.165, 1.54) is 19.3 Å². The van der Waals surface area contributed by atoms with Crippen LogP contribution in [0.25, 0.3) is 0 Å². The normalized spacial score (nSPS) is 29.3. The van der Waals surface area contributed by atoms with Crippen molar-refractivity contribution in [3.63, 3.8) is 0 Å². The second-order valence-electron chi connectivity index (χ2n) is 5.91. The molecule has 0 aromatic carbocycles. The first kappa shape index (κ1) is 19.6. The van der Waals surface area contributed by atoms with Crippen molar-refractivity contribution < 1.29 is 24.8 Å². The quantitative estimate of drug-likeness (QED) is 0.400. The molecule has 0 aliphatic carbocycles. The molecule has 5 heteroatoms. The van der Waals surface area contributed by atoms with E-state index in [2.05, 4.69) is 19.1 Å². The lowest BCUT2D eigenvalue weighted by Crippen LogP contribution is -2.55. The largest absolute Gasteiger partial charge is 0.394 e. The summed E-state index contributed by atoms with van der Waals surface area (Å²) in [6, 6.07) is 0. The highest BCUT2D eigenvalue weighted by atomic mass is 16.6. The van der Waals surface area contributed by atoms with Gasteiger partial charge in [-0.15, -0.1) is 0 Å². The molecule has 130 valence electrons. The van der Waals surface area contributed by atoms with Crippen LogP contribution in [0, 0.1) is 0 Å². The summed E-state index contributed by atoms with van der Waals surface area (Å²) in [6.07, 6.45) is 9.24. The van der Waals surface area contributed by atoms with Gasteiger partial charge in [0.05, 0.1) is 13.2 Å². The highest BCUT2D eigenvalue weighted by molar-refractivity contribution is 4.87. The predicted molar refractivity (Wildman–Crippen MR) is 85.7 cm³/mol. The lowest BCUT2D eigenvalue weighted by Gasteiger charge is -2.37.